The summed E-state index contributed by atoms with van der Waals surface area (Å²) in [5.74, 6) is -0.476. The normalized spacial score (nSPS) is 14.6. The van der Waals surface area contributed by atoms with Crippen LogP contribution >= 0.6 is 11.3 Å². The Morgan fingerprint density at radius 1 is 1.30 bits per heavy atom. The molecule has 0 bridgehead atoms. The quantitative estimate of drug-likeness (QED) is 0.936. The van der Waals surface area contributed by atoms with Crippen molar-refractivity contribution >= 4 is 39.7 Å². The monoisotopic (exact) mass is 329 g/mol. The number of anilines is 2. The van der Waals surface area contributed by atoms with E-state index in [0.29, 0.717) is 23.0 Å². The predicted octanol–water partition coefficient (Wildman–Crippen LogP) is 2.28. The topological polar surface area (TPSA) is 87.6 Å². The van der Waals surface area contributed by atoms with Gasteiger partial charge in [0.2, 0.25) is 11.0 Å². The van der Waals surface area contributed by atoms with Crippen LogP contribution in [-0.2, 0) is 9.59 Å². The zero-order valence-electron chi connectivity index (χ0n) is 12.7. The number of carbonyl (C=O) groups excluding carboxylic acids is 2. The number of benzene rings is 1. The van der Waals surface area contributed by atoms with E-state index < -0.39 is 0 Å². The summed E-state index contributed by atoms with van der Waals surface area (Å²) in [6.07, 6.45) is 0.556. The molecular weight excluding hydrogens is 314 g/mol. The first kappa shape index (κ1) is 15.3. The van der Waals surface area contributed by atoms with Crippen molar-refractivity contribution < 1.29 is 9.59 Å². The molecule has 0 spiro atoms. The molecule has 0 fully saturated rings. The SMILES string of the molecule is Cc1ccc(C)c(N2N=C(C(=O)Nc3nncs3)CCC2=O)c1. The van der Waals surface area contributed by atoms with Crippen molar-refractivity contribution in [2.75, 3.05) is 10.3 Å². The number of amides is 2. The molecule has 0 unspecified atom stereocenters. The highest BCUT2D eigenvalue weighted by molar-refractivity contribution is 7.13. The van der Waals surface area contributed by atoms with Crippen molar-refractivity contribution in [2.45, 2.75) is 26.7 Å². The van der Waals surface area contributed by atoms with Gasteiger partial charge in [-0.05, 0) is 31.0 Å². The molecule has 2 amide bonds. The van der Waals surface area contributed by atoms with Crippen LogP contribution in [0.2, 0.25) is 0 Å². The first-order valence-electron chi connectivity index (χ1n) is 7.10. The number of carbonyl (C=O) groups is 2. The van der Waals surface area contributed by atoms with Crippen molar-refractivity contribution in [3.63, 3.8) is 0 Å². The van der Waals surface area contributed by atoms with Crippen LogP contribution in [0.5, 0.6) is 0 Å². The Morgan fingerprint density at radius 3 is 2.87 bits per heavy atom. The number of hydrogen-bond acceptors (Lipinski definition) is 6. The molecule has 118 valence electrons. The Bertz CT molecular complexity index is 785. The fourth-order valence-electron chi connectivity index (χ4n) is 2.25. The molecule has 1 aromatic carbocycles. The lowest BCUT2D eigenvalue weighted by atomic mass is 10.1. The number of nitrogens with zero attached hydrogens (tertiary/aromatic N) is 4. The van der Waals surface area contributed by atoms with Crippen LogP contribution in [0.25, 0.3) is 0 Å². The molecule has 0 aliphatic carbocycles. The average molecular weight is 329 g/mol. The molecule has 3 rings (SSSR count). The third-order valence-corrected chi connectivity index (χ3v) is 4.07. The van der Waals surface area contributed by atoms with Gasteiger partial charge in [0.1, 0.15) is 11.2 Å². The minimum atomic E-state index is -0.357. The van der Waals surface area contributed by atoms with Gasteiger partial charge < -0.3 is 0 Å². The Labute approximate surface area is 137 Å². The summed E-state index contributed by atoms with van der Waals surface area (Å²) < 4.78 is 0. The highest BCUT2D eigenvalue weighted by atomic mass is 32.1. The van der Waals surface area contributed by atoms with Crippen LogP contribution in [0.3, 0.4) is 0 Å². The maximum atomic E-state index is 12.3. The molecule has 0 saturated heterocycles. The first-order chi connectivity index (χ1) is 11.0. The van der Waals surface area contributed by atoms with E-state index in [1.54, 1.807) is 0 Å². The molecule has 23 heavy (non-hydrogen) atoms. The van der Waals surface area contributed by atoms with Crippen molar-refractivity contribution in [3.05, 3.63) is 34.8 Å². The Morgan fingerprint density at radius 2 is 2.13 bits per heavy atom. The lowest BCUT2D eigenvalue weighted by Gasteiger charge is -2.24. The Balaban J connectivity index is 1.89. The fourth-order valence-corrected chi connectivity index (χ4v) is 2.69. The van der Waals surface area contributed by atoms with Crippen LogP contribution in [0.1, 0.15) is 24.0 Å². The number of nitrogens with one attached hydrogen (secondary N) is 1. The van der Waals surface area contributed by atoms with E-state index in [9.17, 15) is 9.59 Å². The van der Waals surface area contributed by atoms with Crippen molar-refractivity contribution in [1.29, 1.82) is 0 Å². The van der Waals surface area contributed by atoms with E-state index in [1.807, 2.05) is 32.0 Å². The van der Waals surface area contributed by atoms with Crippen LogP contribution in [0, 0.1) is 13.8 Å². The maximum Gasteiger partial charge on any atom is 0.273 e. The summed E-state index contributed by atoms with van der Waals surface area (Å²) >= 11 is 1.23. The van der Waals surface area contributed by atoms with Gasteiger partial charge in [-0.2, -0.15) is 5.10 Å². The second kappa shape index (κ2) is 6.25. The van der Waals surface area contributed by atoms with Gasteiger partial charge in [-0.1, -0.05) is 23.5 Å². The van der Waals surface area contributed by atoms with Crippen LogP contribution in [0.15, 0.2) is 28.8 Å². The third kappa shape index (κ3) is 3.26. The minimum Gasteiger partial charge on any atom is -0.295 e. The second-order valence-corrected chi connectivity index (χ2v) is 6.07. The number of rotatable bonds is 3. The van der Waals surface area contributed by atoms with E-state index >= 15 is 0 Å². The predicted molar refractivity (Wildman–Crippen MR) is 88.6 cm³/mol. The molecule has 0 radical (unpaired) electrons. The summed E-state index contributed by atoms with van der Waals surface area (Å²) in [6, 6.07) is 5.80. The lowest BCUT2D eigenvalue weighted by molar-refractivity contribution is -0.118. The summed E-state index contributed by atoms with van der Waals surface area (Å²) in [7, 11) is 0. The Hall–Kier alpha value is -2.61. The minimum absolute atomic E-state index is 0.119. The van der Waals surface area contributed by atoms with Crippen molar-refractivity contribution in [2.24, 2.45) is 5.10 Å². The molecule has 2 aromatic rings. The average Bonchev–Trinajstić information content (AvgIpc) is 3.03. The van der Waals surface area contributed by atoms with Gasteiger partial charge in [-0.15, -0.1) is 10.2 Å². The molecule has 8 heteroatoms. The maximum absolute atomic E-state index is 12.3. The summed E-state index contributed by atoms with van der Waals surface area (Å²) in [6.45, 7) is 3.86. The standard InChI is InChI=1S/C15H15N5O2S/c1-9-3-4-10(2)12(7-9)20-13(21)6-5-11(19-20)14(22)17-15-18-16-8-23-15/h3-4,7-8H,5-6H2,1-2H3,(H,17,18,22). The van der Waals surface area contributed by atoms with Crippen molar-refractivity contribution in [3.8, 4) is 0 Å². The van der Waals surface area contributed by atoms with E-state index in [2.05, 4.69) is 20.6 Å². The van der Waals surface area contributed by atoms with Gasteiger partial charge in [0.15, 0.2) is 0 Å². The van der Waals surface area contributed by atoms with Crippen LogP contribution in [-0.4, -0.2) is 27.7 Å². The van der Waals surface area contributed by atoms with E-state index in [0.717, 1.165) is 11.1 Å². The first-order valence-corrected chi connectivity index (χ1v) is 7.98. The van der Waals surface area contributed by atoms with Gasteiger partial charge in [0, 0.05) is 12.8 Å². The smallest absolute Gasteiger partial charge is 0.273 e. The van der Waals surface area contributed by atoms with Gasteiger partial charge in [0.25, 0.3) is 5.91 Å². The van der Waals surface area contributed by atoms with Gasteiger partial charge in [-0.3, -0.25) is 14.9 Å². The van der Waals surface area contributed by atoms with E-state index in [-0.39, 0.29) is 18.2 Å². The highest BCUT2D eigenvalue weighted by Gasteiger charge is 2.26. The third-order valence-electron chi connectivity index (χ3n) is 3.47. The van der Waals surface area contributed by atoms with Gasteiger partial charge >= 0.3 is 0 Å². The van der Waals surface area contributed by atoms with Gasteiger partial charge in [-0.25, -0.2) is 5.01 Å². The zero-order valence-corrected chi connectivity index (χ0v) is 13.6. The summed E-state index contributed by atoms with van der Waals surface area (Å²) in [5.41, 5.74) is 4.50. The Kier molecular flexibility index (Phi) is 4.16. The molecule has 2 heterocycles. The highest BCUT2D eigenvalue weighted by Crippen LogP contribution is 2.25. The largest absolute Gasteiger partial charge is 0.295 e. The molecule has 0 atom stereocenters. The molecular formula is C15H15N5O2S. The molecule has 0 saturated carbocycles. The molecule has 1 aliphatic rings. The number of aryl methyl sites for hydroxylation is 2. The molecule has 1 N–H and O–H groups in total. The van der Waals surface area contributed by atoms with Crippen molar-refractivity contribution in [1.82, 2.24) is 10.2 Å². The second-order valence-electron chi connectivity index (χ2n) is 5.24. The number of hydrogen-bond donors (Lipinski definition) is 1. The molecule has 1 aromatic heterocycles. The lowest BCUT2D eigenvalue weighted by Crippen LogP contribution is -2.36. The van der Waals surface area contributed by atoms with Gasteiger partial charge in [0.05, 0.1) is 5.69 Å². The summed E-state index contributed by atoms with van der Waals surface area (Å²) in [5, 5.41) is 16.1. The number of hydrazone groups is 1. The van der Waals surface area contributed by atoms with E-state index in [4.69, 9.17) is 0 Å². The van der Waals surface area contributed by atoms with Crippen LogP contribution < -0.4 is 10.3 Å². The zero-order chi connectivity index (χ0) is 16.4. The van der Waals surface area contributed by atoms with Crippen LogP contribution in [0.4, 0.5) is 10.8 Å². The molecule has 7 nitrogen and oxygen atoms in total. The summed E-state index contributed by atoms with van der Waals surface area (Å²) in [4.78, 5) is 24.5. The fraction of sp³-hybridized carbons (Fsp3) is 0.267. The molecule has 1 aliphatic heterocycles. The number of aromatic nitrogens is 2. The van der Waals surface area contributed by atoms with E-state index in [1.165, 1.54) is 21.9 Å².